The van der Waals surface area contributed by atoms with E-state index in [0.29, 0.717) is 0 Å². The number of nitrogens with one attached hydrogen (secondary N) is 1. The van der Waals surface area contributed by atoms with Crippen molar-refractivity contribution in [3.63, 3.8) is 0 Å². The molecule has 2 aliphatic rings. The van der Waals surface area contributed by atoms with Gasteiger partial charge in [0, 0.05) is 54.7 Å². The van der Waals surface area contributed by atoms with Gasteiger partial charge in [-0.25, -0.2) is 4.79 Å². The molecule has 2 fully saturated rings. The van der Waals surface area contributed by atoms with Crippen molar-refractivity contribution in [2.45, 2.75) is 56.7 Å². The maximum Gasteiger partial charge on any atom is 0.322 e. The van der Waals surface area contributed by atoms with Crippen molar-refractivity contribution in [3.8, 4) is 0 Å². The van der Waals surface area contributed by atoms with Gasteiger partial charge in [0.15, 0.2) is 0 Å². The predicted molar refractivity (Wildman–Crippen MR) is 126 cm³/mol. The number of rotatable bonds is 5. The molecule has 0 spiro atoms. The zero-order valence-corrected chi connectivity index (χ0v) is 18.2. The van der Waals surface area contributed by atoms with Gasteiger partial charge >= 0.3 is 6.03 Å². The van der Waals surface area contributed by atoms with Crippen LogP contribution in [0.15, 0.2) is 54.6 Å². The van der Waals surface area contributed by atoms with Gasteiger partial charge in [-0.2, -0.15) is 0 Å². The summed E-state index contributed by atoms with van der Waals surface area (Å²) in [4.78, 5) is 28.2. The number of nitro groups is 1. The molecule has 2 atom stereocenters. The number of nitrogens with zero attached hydrogens (tertiary/aromatic N) is 3. The number of nitro benzene ring substituents is 1. The Hall–Kier alpha value is -3.13. The molecule has 2 aromatic rings. The third-order valence-electron chi connectivity index (χ3n) is 6.68. The van der Waals surface area contributed by atoms with E-state index in [1.165, 1.54) is 0 Å². The van der Waals surface area contributed by atoms with E-state index in [1.807, 2.05) is 35.2 Å². The highest BCUT2D eigenvalue weighted by Crippen LogP contribution is 2.30. The summed E-state index contributed by atoms with van der Waals surface area (Å²) < 4.78 is 0. The topological polar surface area (TPSA) is 105 Å². The number of hydrogen-bond donors (Lipinski definition) is 2. The van der Waals surface area contributed by atoms with Crippen LogP contribution in [0, 0.1) is 10.1 Å². The third kappa shape index (κ3) is 5.02. The summed E-state index contributed by atoms with van der Waals surface area (Å²) in [6, 6.07) is 16.3. The minimum Gasteiger partial charge on any atom is -0.371 e. The van der Waals surface area contributed by atoms with Gasteiger partial charge in [0.1, 0.15) is 0 Å². The van der Waals surface area contributed by atoms with Gasteiger partial charge in [0.05, 0.1) is 4.92 Å². The number of para-hydroxylation sites is 1. The number of carbonyl (C=O) groups is 1. The predicted octanol–water partition coefficient (Wildman–Crippen LogP) is 4.37. The zero-order valence-electron chi connectivity index (χ0n) is 18.2. The van der Waals surface area contributed by atoms with Gasteiger partial charge < -0.3 is 20.9 Å². The lowest BCUT2D eigenvalue weighted by molar-refractivity contribution is -0.384. The van der Waals surface area contributed by atoms with Crippen molar-refractivity contribution in [1.82, 2.24) is 4.90 Å². The molecular formula is C24H31N5O3. The van der Waals surface area contributed by atoms with Gasteiger partial charge in [0.2, 0.25) is 0 Å². The minimum absolute atomic E-state index is 0.00187. The number of hydrogen-bond acceptors (Lipinski definition) is 5. The van der Waals surface area contributed by atoms with Gasteiger partial charge in [-0.1, -0.05) is 31.0 Å². The second-order valence-corrected chi connectivity index (χ2v) is 8.71. The molecule has 3 N–H and O–H groups in total. The van der Waals surface area contributed by atoms with Crippen LogP contribution in [0.3, 0.4) is 0 Å². The summed E-state index contributed by atoms with van der Waals surface area (Å²) >= 11 is 0. The number of non-ortho nitro benzene ring substituents is 1. The maximum absolute atomic E-state index is 13.4. The average molecular weight is 438 g/mol. The molecule has 1 aliphatic carbocycles. The van der Waals surface area contributed by atoms with Crippen LogP contribution < -0.4 is 16.0 Å². The lowest BCUT2D eigenvalue weighted by Gasteiger charge is -2.46. The Labute approximate surface area is 188 Å². The van der Waals surface area contributed by atoms with Crippen molar-refractivity contribution in [2.24, 2.45) is 5.73 Å². The molecule has 8 heteroatoms. The Kier molecular flexibility index (Phi) is 6.90. The number of piperidine rings is 1. The van der Waals surface area contributed by atoms with Crippen LogP contribution in [0.2, 0.25) is 0 Å². The molecule has 170 valence electrons. The van der Waals surface area contributed by atoms with Gasteiger partial charge in [-0.15, -0.1) is 0 Å². The van der Waals surface area contributed by atoms with E-state index in [0.717, 1.165) is 63.0 Å². The van der Waals surface area contributed by atoms with Crippen LogP contribution in [-0.4, -0.2) is 47.1 Å². The molecule has 1 heterocycles. The van der Waals surface area contributed by atoms with Crippen LogP contribution >= 0.6 is 0 Å². The van der Waals surface area contributed by atoms with Crippen LogP contribution in [0.1, 0.15) is 38.5 Å². The van der Waals surface area contributed by atoms with E-state index in [-0.39, 0.29) is 34.8 Å². The van der Waals surface area contributed by atoms with Crippen molar-refractivity contribution < 1.29 is 9.72 Å². The molecule has 0 radical (unpaired) electrons. The molecule has 1 saturated heterocycles. The van der Waals surface area contributed by atoms with Crippen LogP contribution in [0.25, 0.3) is 0 Å². The fourth-order valence-corrected chi connectivity index (χ4v) is 4.97. The molecule has 32 heavy (non-hydrogen) atoms. The first-order valence-corrected chi connectivity index (χ1v) is 11.4. The molecule has 0 bridgehead atoms. The van der Waals surface area contributed by atoms with E-state index in [2.05, 4.69) is 10.2 Å². The van der Waals surface area contributed by atoms with Crippen LogP contribution in [0.4, 0.5) is 21.9 Å². The molecule has 1 saturated carbocycles. The molecule has 0 aromatic heterocycles. The highest BCUT2D eigenvalue weighted by atomic mass is 16.6. The van der Waals surface area contributed by atoms with Crippen molar-refractivity contribution in [2.75, 3.05) is 23.3 Å². The first-order chi connectivity index (χ1) is 15.5. The summed E-state index contributed by atoms with van der Waals surface area (Å²) in [6.07, 6.45) is 5.76. The number of carbonyl (C=O) groups excluding carboxylic acids is 1. The van der Waals surface area contributed by atoms with Gasteiger partial charge in [-0.05, 0) is 49.9 Å². The second-order valence-electron chi connectivity index (χ2n) is 8.71. The molecule has 0 unspecified atom stereocenters. The Morgan fingerprint density at radius 1 is 1.00 bits per heavy atom. The number of anilines is 2. The third-order valence-corrected chi connectivity index (χ3v) is 6.68. The number of nitrogens with two attached hydrogens (primary N) is 1. The molecule has 4 rings (SSSR count). The van der Waals surface area contributed by atoms with Crippen molar-refractivity contribution >= 4 is 23.1 Å². The fourth-order valence-electron chi connectivity index (χ4n) is 4.97. The smallest absolute Gasteiger partial charge is 0.322 e. The van der Waals surface area contributed by atoms with Crippen molar-refractivity contribution in [1.29, 1.82) is 0 Å². The van der Waals surface area contributed by atoms with Crippen LogP contribution in [0.5, 0.6) is 0 Å². The first kappa shape index (κ1) is 22.1. The summed E-state index contributed by atoms with van der Waals surface area (Å²) in [5.41, 5.74) is 8.35. The SMILES string of the molecule is N[C@@H]1CCCC[C@H]1N(C(=O)Nc1ccccc1)C1CCN(c2ccc([N+](=O)[O-])cc2)CC1. The van der Waals surface area contributed by atoms with E-state index in [1.54, 1.807) is 24.3 Å². The monoisotopic (exact) mass is 437 g/mol. The standard InChI is InChI=1S/C24H31N5O3/c25-22-8-4-5-9-23(22)28(24(30)26-18-6-2-1-3-7-18)20-14-16-27(17-15-20)19-10-12-21(13-11-19)29(31)32/h1-3,6-7,10-13,20,22-23H,4-5,8-9,14-17,25H2,(H,26,30)/t22-,23-/m1/s1. The summed E-state index contributed by atoms with van der Waals surface area (Å²) in [5.74, 6) is 0. The Morgan fingerprint density at radius 2 is 1.66 bits per heavy atom. The van der Waals surface area contributed by atoms with E-state index >= 15 is 0 Å². The second kappa shape index (κ2) is 9.99. The molecular weight excluding hydrogens is 406 g/mol. The Bertz CT molecular complexity index is 913. The zero-order chi connectivity index (χ0) is 22.5. The summed E-state index contributed by atoms with van der Waals surface area (Å²) in [7, 11) is 0. The largest absolute Gasteiger partial charge is 0.371 e. The quantitative estimate of drug-likeness (QED) is 0.534. The number of urea groups is 1. The lowest BCUT2D eigenvalue weighted by Crippen LogP contribution is -2.59. The van der Waals surface area contributed by atoms with Crippen molar-refractivity contribution in [3.05, 3.63) is 64.7 Å². The Morgan fingerprint density at radius 3 is 2.28 bits per heavy atom. The highest BCUT2D eigenvalue weighted by molar-refractivity contribution is 5.89. The highest BCUT2D eigenvalue weighted by Gasteiger charge is 2.37. The first-order valence-electron chi connectivity index (χ1n) is 11.4. The van der Waals surface area contributed by atoms with Gasteiger partial charge in [0.25, 0.3) is 5.69 Å². The van der Waals surface area contributed by atoms with E-state index in [4.69, 9.17) is 5.73 Å². The summed E-state index contributed by atoms with van der Waals surface area (Å²) in [5, 5.41) is 14.0. The maximum atomic E-state index is 13.4. The molecule has 8 nitrogen and oxygen atoms in total. The molecule has 2 amide bonds. The van der Waals surface area contributed by atoms with Gasteiger partial charge in [-0.3, -0.25) is 10.1 Å². The Balaban J connectivity index is 1.46. The van der Waals surface area contributed by atoms with E-state index < -0.39 is 0 Å². The number of benzene rings is 2. The summed E-state index contributed by atoms with van der Waals surface area (Å²) in [6.45, 7) is 1.58. The van der Waals surface area contributed by atoms with Crippen LogP contribution in [-0.2, 0) is 0 Å². The average Bonchev–Trinajstić information content (AvgIpc) is 2.82. The normalized spacial score (nSPS) is 21.7. The lowest BCUT2D eigenvalue weighted by atomic mass is 9.88. The number of amides is 2. The molecule has 1 aliphatic heterocycles. The van der Waals surface area contributed by atoms with E-state index in [9.17, 15) is 14.9 Å². The molecule has 2 aromatic carbocycles. The fraction of sp³-hybridized carbons (Fsp3) is 0.458. The minimum atomic E-state index is -0.382.